The predicted molar refractivity (Wildman–Crippen MR) is 106 cm³/mol. The third kappa shape index (κ3) is 6.21. The quantitative estimate of drug-likeness (QED) is 0.705. The van der Waals surface area contributed by atoms with Crippen LogP contribution in [0.25, 0.3) is 0 Å². The first-order valence-electron chi connectivity index (χ1n) is 9.27. The van der Waals surface area contributed by atoms with E-state index >= 15 is 0 Å². The minimum absolute atomic E-state index is 0.119. The average Bonchev–Trinajstić information content (AvgIpc) is 3.08. The van der Waals surface area contributed by atoms with Crippen LogP contribution in [0.2, 0.25) is 5.02 Å². The Morgan fingerprint density at radius 1 is 1.17 bits per heavy atom. The van der Waals surface area contributed by atoms with Crippen LogP contribution in [-0.4, -0.2) is 31.1 Å². The van der Waals surface area contributed by atoms with Gasteiger partial charge in [0.05, 0.1) is 12.5 Å². The van der Waals surface area contributed by atoms with Gasteiger partial charge in [0, 0.05) is 30.2 Å². The molecule has 5 nitrogen and oxygen atoms in total. The summed E-state index contributed by atoms with van der Waals surface area (Å²) in [5, 5.41) is 3.32. The van der Waals surface area contributed by atoms with Crippen molar-refractivity contribution < 1.29 is 27.5 Å². The zero-order valence-electron chi connectivity index (χ0n) is 15.9. The van der Waals surface area contributed by atoms with E-state index in [9.17, 15) is 22.8 Å². The summed E-state index contributed by atoms with van der Waals surface area (Å²) in [6.07, 6.45) is -4.23. The van der Waals surface area contributed by atoms with Crippen molar-refractivity contribution in [1.82, 2.24) is 5.32 Å². The first-order valence-corrected chi connectivity index (χ1v) is 9.65. The molecule has 1 aliphatic rings. The number of carbonyl (C=O) groups is 2. The molecule has 0 bridgehead atoms. The molecule has 160 valence electrons. The number of hydrogen-bond donors (Lipinski definition) is 1. The van der Waals surface area contributed by atoms with Crippen molar-refractivity contribution in [2.24, 2.45) is 5.92 Å². The predicted octanol–water partition coefficient (Wildman–Crippen LogP) is 4.09. The van der Waals surface area contributed by atoms with Crippen LogP contribution >= 0.6 is 11.6 Å². The van der Waals surface area contributed by atoms with Gasteiger partial charge >= 0.3 is 6.18 Å². The maximum Gasteiger partial charge on any atom is 0.411 e. The number of ether oxygens (including phenoxy) is 1. The van der Waals surface area contributed by atoms with Crippen LogP contribution in [0.1, 0.15) is 17.5 Å². The van der Waals surface area contributed by atoms with Gasteiger partial charge in [-0.15, -0.1) is 0 Å². The van der Waals surface area contributed by atoms with Crippen molar-refractivity contribution >= 4 is 29.1 Å². The molecular weight excluding hydrogens is 421 g/mol. The number of rotatable bonds is 7. The minimum atomic E-state index is -4.35. The highest BCUT2D eigenvalue weighted by molar-refractivity contribution is 6.31. The summed E-state index contributed by atoms with van der Waals surface area (Å²) in [5.41, 5.74) is 2.05. The molecule has 0 saturated carbocycles. The van der Waals surface area contributed by atoms with Gasteiger partial charge in [-0.3, -0.25) is 9.59 Å². The number of benzene rings is 2. The Balaban J connectivity index is 1.48. The second-order valence-corrected chi connectivity index (χ2v) is 7.46. The Morgan fingerprint density at radius 3 is 2.53 bits per heavy atom. The first kappa shape index (κ1) is 22.1. The summed E-state index contributed by atoms with van der Waals surface area (Å²) in [5.74, 6) is -0.836. The Kier molecular flexibility index (Phi) is 6.99. The van der Waals surface area contributed by atoms with Crippen LogP contribution in [0.3, 0.4) is 0 Å². The molecule has 1 atom stereocenters. The smallest absolute Gasteiger partial charge is 0.367 e. The Labute approximate surface area is 176 Å². The van der Waals surface area contributed by atoms with E-state index in [-0.39, 0.29) is 37.9 Å². The van der Waals surface area contributed by atoms with Crippen LogP contribution in [0.5, 0.6) is 0 Å². The first-order chi connectivity index (χ1) is 14.2. The molecule has 2 aromatic rings. The molecule has 0 aromatic heterocycles. The summed E-state index contributed by atoms with van der Waals surface area (Å²) >= 11 is 5.97. The van der Waals surface area contributed by atoms with Gasteiger partial charge in [0.1, 0.15) is 6.61 Å². The highest BCUT2D eigenvalue weighted by atomic mass is 35.5. The summed E-state index contributed by atoms with van der Waals surface area (Å²) in [7, 11) is 0. The summed E-state index contributed by atoms with van der Waals surface area (Å²) in [4.78, 5) is 26.3. The molecule has 0 aliphatic carbocycles. The maximum atomic E-state index is 12.5. The van der Waals surface area contributed by atoms with Gasteiger partial charge in [-0.05, 0) is 29.3 Å². The number of nitrogens with zero attached hydrogens (tertiary/aromatic N) is 1. The van der Waals surface area contributed by atoms with Crippen molar-refractivity contribution in [3.63, 3.8) is 0 Å². The molecule has 2 aromatic carbocycles. The van der Waals surface area contributed by atoms with Gasteiger partial charge < -0.3 is 15.0 Å². The van der Waals surface area contributed by atoms with Gasteiger partial charge in [0.2, 0.25) is 11.8 Å². The molecule has 1 fully saturated rings. The van der Waals surface area contributed by atoms with E-state index in [1.54, 1.807) is 53.4 Å². The van der Waals surface area contributed by atoms with Gasteiger partial charge in [0.25, 0.3) is 0 Å². The SMILES string of the molecule is O=C(NCc1ccc(COCC(F)(F)F)cc1)C1CC(=O)N(c2cccc(Cl)c2)C1. The fraction of sp³-hybridized carbons (Fsp3) is 0.333. The molecule has 0 radical (unpaired) electrons. The molecule has 3 rings (SSSR count). The Bertz CT molecular complexity index is 903. The third-order valence-corrected chi connectivity index (χ3v) is 4.87. The van der Waals surface area contributed by atoms with E-state index in [1.165, 1.54) is 0 Å². The van der Waals surface area contributed by atoms with Crippen molar-refractivity contribution in [2.45, 2.75) is 25.7 Å². The second-order valence-electron chi connectivity index (χ2n) is 7.03. The van der Waals surface area contributed by atoms with Gasteiger partial charge in [-0.1, -0.05) is 41.9 Å². The molecule has 0 spiro atoms. The van der Waals surface area contributed by atoms with E-state index in [4.69, 9.17) is 11.6 Å². The molecule has 9 heteroatoms. The standard InChI is InChI=1S/C21H20ClF3N2O3/c22-17-2-1-3-18(9-17)27-11-16(8-19(27)28)20(29)26-10-14-4-6-15(7-5-14)12-30-13-21(23,24)25/h1-7,9,16H,8,10-13H2,(H,26,29). The van der Waals surface area contributed by atoms with E-state index in [0.717, 1.165) is 5.56 Å². The molecule has 1 N–H and O–H groups in total. The molecule has 1 saturated heterocycles. The Hall–Kier alpha value is -2.58. The third-order valence-electron chi connectivity index (χ3n) is 4.64. The zero-order chi connectivity index (χ0) is 21.7. The van der Waals surface area contributed by atoms with Crippen molar-refractivity contribution in [3.8, 4) is 0 Å². The lowest BCUT2D eigenvalue weighted by molar-refractivity contribution is -0.176. The molecule has 1 unspecified atom stereocenters. The second kappa shape index (κ2) is 9.49. The molecule has 1 heterocycles. The number of nitrogens with one attached hydrogen (secondary N) is 1. The van der Waals surface area contributed by atoms with Gasteiger partial charge in [0.15, 0.2) is 0 Å². The Morgan fingerprint density at radius 2 is 1.87 bits per heavy atom. The monoisotopic (exact) mass is 440 g/mol. The van der Waals surface area contributed by atoms with E-state index in [1.807, 2.05) is 0 Å². The van der Waals surface area contributed by atoms with Crippen LogP contribution in [0.15, 0.2) is 48.5 Å². The minimum Gasteiger partial charge on any atom is -0.367 e. The van der Waals surface area contributed by atoms with Crippen molar-refractivity contribution in [2.75, 3.05) is 18.1 Å². The number of halogens is 4. The molecule has 30 heavy (non-hydrogen) atoms. The van der Waals surface area contributed by atoms with Crippen LogP contribution in [-0.2, 0) is 27.5 Å². The molecular formula is C21H20ClF3N2O3. The van der Waals surface area contributed by atoms with E-state index in [2.05, 4.69) is 10.1 Å². The van der Waals surface area contributed by atoms with E-state index < -0.39 is 18.7 Å². The van der Waals surface area contributed by atoms with Gasteiger partial charge in [-0.25, -0.2) is 0 Å². The van der Waals surface area contributed by atoms with E-state index in [0.29, 0.717) is 16.3 Å². The normalized spacial score (nSPS) is 16.7. The lowest BCUT2D eigenvalue weighted by Crippen LogP contribution is -2.32. The fourth-order valence-electron chi connectivity index (χ4n) is 3.15. The largest absolute Gasteiger partial charge is 0.411 e. The molecule has 2 amide bonds. The molecule has 1 aliphatic heterocycles. The zero-order valence-corrected chi connectivity index (χ0v) is 16.7. The highest BCUT2D eigenvalue weighted by Crippen LogP contribution is 2.27. The maximum absolute atomic E-state index is 12.5. The van der Waals surface area contributed by atoms with Gasteiger partial charge in [-0.2, -0.15) is 13.2 Å². The number of anilines is 1. The average molecular weight is 441 g/mol. The summed E-state index contributed by atoms with van der Waals surface area (Å²) < 4.78 is 40.9. The van der Waals surface area contributed by atoms with Crippen LogP contribution in [0.4, 0.5) is 18.9 Å². The summed E-state index contributed by atoms with van der Waals surface area (Å²) in [6.45, 7) is -0.905. The summed E-state index contributed by atoms with van der Waals surface area (Å²) in [6, 6.07) is 13.6. The van der Waals surface area contributed by atoms with Crippen LogP contribution < -0.4 is 10.2 Å². The van der Waals surface area contributed by atoms with Crippen molar-refractivity contribution in [3.05, 3.63) is 64.7 Å². The topological polar surface area (TPSA) is 58.6 Å². The number of carbonyl (C=O) groups excluding carboxylic acids is 2. The lowest BCUT2D eigenvalue weighted by Gasteiger charge is -2.17. The number of amides is 2. The number of alkyl halides is 3. The lowest BCUT2D eigenvalue weighted by atomic mass is 10.1. The van der Waals surface area contributed by atoms with Crippen LogP contribution in [0, 0.1) is 5.92 Å². The number of hydrogen-bond acceptors (Lipinski definition) is 3. The fourth-order valence-corrected chi connectivity index (χ4v) is 3.33. The highest BCUT2D eigenvalue weighted by Gasteiger charge is 2.35. The van der Waals surface area contributed by atoms with Crippen molar-refractivity contribution in [1.29, 1.82) is 0 Å².